The standard InChI is InChI=1S/C22H16ClN3O3/c23-15-2-4-19-16(10-15)18-11-17(14-1-3-20-21(9-14)28-12-27-20)25-26(18)22(29-19)13-5-7-24-8-6-13/h1-10,18,22H,11-12H2. The Kier molecular flexibility index (Phi) is 3.67. The van der Waals surface area contributed by atoms with E-state index in [-0.39, 0.29) is 19.1 Å². The lowest BCUT2D eigenvalue weighted by Crippen LogP contribution is -2.33. The van der Waals surface area contributed by atoms with Crippen molar-refractivity contribution in [2.45, 2.75) is 18.7 Å². The summed E-state index contributed by atoms with van der Waals surface area (Å²) in [4.78, 5) is 4.12. The van der Waals surface area contributed by atoms with Crippen molar-refractivity contribution in [3.63, 3.8) is 0 Å². The summed E-state index contributed by atoms with van der Waals surface area (Å²) in [5.74, 6) is 2.35. The van der Waals surface area contributed by atoms with Crippen LogP contribution in [0.1, 0.15) is 35.4 Å². The number of nitrogens with zero attached hydrogens (tertiary/aromatic N) is 3. The zero-order valence-corrected chi connectivity index (χ0v) is 16.0. The fourth-order valence-electron chi connectivity index (χ4n) is 4.06. The minimum absolute atomic E-state index is 0.0380. The van der Waals surface area contributed by atoms with E-state index in [4.69, 9.17) is 30.9 Å². The molecule has 3 aliphatic rings. The van der Waals surface area contributed by atoms with E-state index in [2.05, 4.69) is 4.98 Å². The maximum atomic E-state index is 6.33. The van der Waals surface area contributed by atoms with Crippen LogP contribution in [0.4, 0.5) is 0 Å². The number of fused-ring (bicyclic) bond motifs is 4. The van der Waals surface area contributed by atoms with Crippen LogP contribution in [0.3, 0.4) is 0 Å². The Hall–Kier alpha value is -3.25. The summed E-state index contributed by atoms with van der Waals surface area (Å²) in [6.45, 7) is 0.254. The molecule has 4 heterocycles. The predicted molar refractivity (Wildman–Crippen MR) is 107 cm³/mol. The van der Waals surface area contributed by atoms with Gasteiger partial charge < -0.3 is 14.2 Å². The largest absolute Gasteiger partial charge is 0.464 e. The van der Waals surface area contributed by atoms with Crippen LogP contribution in [0.5, 0.6) is 17.2 Å². The Bertz CT molecular complexity index is 1140. The maximum absolute atomic E-state index is 6.33. The van der Waals surface area contributed by atoms with E-state index in [1.165, 1.54) is 0 Å². The van der Waals surface area contributed by atoms with Crippen molar-refractivity contribution in [1.29, 1.82) is 0 Å². The van der Waals surface area contributed by atoms with Crippen molar-refractivity contribution >= 4 is 17.3 Å². The second kappa shape index (κ2) is 6.39. The van der Waals surface area contributed by atoms with Gasteiger partial charge in [-0.1, -0.05) is 11.6 Å². The first-order chi connectivity index (χ1) is 14.3. The molecule has 2 atom stereocenters. The van der Waals surface area contributed by atoms with Gasteiger partial charge in [0.05, 0.1) is 11.8 Å². The number of pyridine rings is 1. The molecular formula is C22H16ClN3O3. The number of rotatable bonds is 2. The molecule has 0 amide bonds. The number of ether oxygens (including phenoxy) is 3. The van der Waals surface area contributed by atoms with Gasteiger partial charge in [0, 0.05) is 40.5 Å². The second-order valence-electron chi connectivity index (χ2n) is 7.15. The fourth-order valence-corrected chi connectivity index (χ4v) is 4.24. The number of halogens is 1. The third-order valence-corrected chi connectivity index (χ3v) is 5.68. The van der Waals surface area contributed by atoms with Gasteiger partial charge in [0.2, 0.25) is 13.0 Å². The molecule has 0 N–H and O–H groups in total. The topological polar surface area (TPSA) is 56.2 Å². The monoisotopic (exact) mass is 405 g/mol. The zero-order chi connectivity index (χ0) is 19.4. The van der Waals surface area contributed by atoms with Gasteiger partial charge in [-0.25, -0.2) is 5.01 Å². The molecule has 0 bridgehead atoms. The van der Waals surface area contributed by atoms with Gasteiger partial charge >= 0.3 is 0 Å². The van der Waals surface area contributed by atoms with Crippen LogP contribution in [0.25, 0.3) is 0 Å². The van der Waals surface area contributed by atoms with Crippen molar-refractivity contribution in [3.05, 3.63) is 82.6 Å². The van der Waals surface area contributed by atoms with Crippen LogP contribution >= 0.6 is 11.6 Å². The molecule has 0 spiro atoms. The van der Waals surface area contributed by atoms with Gasteiger partial charge in [-0.3, -0.25) is 4.98 Å². The lowest BCUT2D eigenvalue weighted by Gasteiger charge is -2.38. The van der Waals surface area contributed by atoms with Crippen LogP contribution in [0.2, 0.25) is 5.02 Å². The quantitative estimate of drug-likeness (QED) is 0.618. The van der Waals surface area contributed by atoms with Crippen LogP contribution in [-0.2, 0) is 0 Å². The Morgan fingerprint density at radius 2 is 1.76 bits per heavy atom. The average molecular weight is 406 g/mol. The fraction of sp³-hybridized carbons (Fsp3) is 0.182. The Morgan fingerprint density at radius 3 is 2.66 bits per heavy atom. The van der Waals surface area contributed by atoms with Crippen LogP contribution in [0.15, 0.2) is 66.0 Å². The van der Waals surface area contributed by atoms with Crippen LogP contribution < -0.4 is 14.2 Å². The minimum atomic E-state index is -0.330. The molecule has 2 unspecified atom stereocenters. The minimum Gasteiger partial charge on any atom is -0.464 e. The SMILES string of the molecule is Clc1ccc2c(c1)C1CC(c3ccc4c(c3)OCO4)=NN1C(c1ccncc1)O2. The molecule has 0 fully saturated rings. The van der Waals surface area contributed by atoms with Crippen molar-refractivity contribution in [3.8, 4) is 17.2 Å². The van der Waals surface area contributed by atoms with E-state index >= 15 is 0 Å². The number of aromatic nitrogens is 1. The number of hydrogen-bond donors (Lipinski definition) is 0. The van der Waals surface area contributed by atoms with Crippen LogP contribution in [-0.4, -0.2) is 22.5 Å². The highest BCUT2D eigenvalue weighted by Gasteiger charge is 2.41. The molecule has 0 saturated heterocycles. The third-order valence-electron chi connectivity index (χ3n) is 5.45. The first-order valence-corrected chi connectivity index (χ1v) is 9.76. The van der Waals surface area contributed by atoms with Crippen molar-refractivity contribution in [1.82, 2.24) is 9.99 Å². The third kappa shape index (κ3) is 2.71. The van der Waals surface area contributed by atoms with Gasteiger partial charge in [-0.15, -0.1) is 0 Å². The number of hydrazone groups is 1. The highest BCUT2D eigenvalue weighted by Crippen LogP contribution is 2.48. The molecule has 6 nitrogen and oxygen atoms in total. The van der Waals surface area contributed by atoms with Crippen LogP contribution in [0, 0.1) is 0 Å². The Balaban J connectivity index is 1.44. The van der Waals surface area contributed by atoms with E-state index in [1.54, 1.807) is 12.4 Å². The van der Waals surface area contributed by atoms with E-state index in [1.807, 2.05) is 53.5 Å². The first-order valence-electron chi connectivity index (χ1n) is 9.38. The summed E-state index contributed by atoms with van der Waals surface area (Å²) in [7, 11) is 0. The molecule has 29 heavy (non-hydrogen) atoms. The highest BCUT2D eigenvalue weighted by atomic mass is 35.5. The molecule has 3 aromatic rings. The van der Waals surface area contributed by atoms with Gasteiger partial charge in [0.25, 0.3) is 0 Å². The molecule has 0 radical (unpaired) electrons. The summed E-state index contributed by atoms with van der Waals surface area (Å²) in [6.07, 6.45) is 3.95. The highest BCUT2D eigenvalue weighted by molar-refractivity contribution is 6.30. The lowest BCUT2D eigenvalue weighted by molar-refractivity contribution is -0.0190. The summed E-state index contributed by atoms with van der Waals surface area (Å²) in [6, 6.07) is 15.6. The summed E-state index contributed by atoms with van der Waals surface area (Å²) in [5.41, 5.74) is 4.04. The molecule has 7 heteroatoms. The molecule has 2 aromatic carbocycles. The van der Waals surface area contributed by atoms with Gasteiger partial charge in [0.15, 0.2) is 11.5 Å². The average Bonchev–Trinajstić information content (AvgIpc) is 3.40. The summed E-state index contributed by atoms with van der Waals surface area (Å²) < 4.78 is 17.3. The molecular weight excluding hydrogens is 390 g/mol. The summed E-state index contributed by atoms with van der Waals surface area (Å²) in [5, 5.41) is 7.67. The van der Waals surface area contributed by atoms with Gasteiger partial charge in [0.1, 0.15) is 5.75 Å². The van der Waals surface area contributed by atoms with Gasteiger partial charge in [-0.05, 0) is 48.5 Å². The molecule has 0 saturated carbocycles. The lowest BCUT2D eigenvalue weighted by atomic mass is 9.96. The van der Waals surface area contributed by atoms with E-state index < -0.39 is 0 Å². The summed E-state index contributed by atoms with van der Waals surface area (Å²) >= 11 is 6.29. The molecule has 3 aliphatic heterocycles. The van der Waals surface area contributed by atoms with Crippen molar-refractivity contribution in [2.75, 3.05) is 6.79 Å². The van der Waals surface area contributed by atoms with E-state index in [0.717, 1.165) is 46.1 Å². The molecule has 6 rings (SSSR count). The Morgan fingerprint density at radius 1 is 0.931 bits per heavy atom. The molecule has 144 valence electrons. The van der Waals surface area contributed by atoms with E-state index in [9.17, 15) is 0 Å². The molecule has 1 aromatic heterocycles. The van der Waals surface area contributed by atoms with Gasteiger partial charge in [-0.2, -0.15) is 5.10 Å². The van der Waals surface area contributed by atoms with E-state index in [0.29, 0.717) is 5.02 Å². The second-order valence-corrected chi connectivity index (χ2v) is 7.58. The normalized spacial score (nSPS) is 21.3. The zero-order valence-electron chi connectivity index (χ0n) is 15.3. The Labute approximate surface area is 172 Å². The number of benzene rings is 2. The number of hydrogen-bond acceptors (Lipinski definition) is 6. The van der Waals surface area contributed by atoms with Crippen molar-refractivity contribution in [2.24, 2.45) is 5.10 Å². The maximum Gasteiger partial charge on any atom is 0.231 e. The smallest absolute Gasteiger partial charge is 0.231 e. The van der Waals surface area contributed by atoms with Crippen molar-refractivity contribution < 1.29 is 14.2 Å². The predicted octanol–water partition coefficient (Wildman–Crippen LogP) is 4.71. The molecule has 0 aliphatic carbocycles. The first kappa shape index (κ1) is 16.7.